The van der Waals surface area contributed by atoms with E-state index < -0.39 is 11.6 Å². The number of thiazole rings is 1. The van der Waals surface area contributed by atoms with Gasteiger partial charge < -0.3 is 0 Å². The van der Waals surface area contributed by atoms with Crippen molar-refractivity contribution in [3.8, 4) is 0 Å². The Labute approximate surface area is 181 Å². The highest BCUT2D eigenvalue weighted by Gasteiger charge is 2.23. The van der Waals surface area contributed by atoms with Crippen molar-refractivity contribution in [2.75, 3.05) is 10.7 Å². The van der Waals surface area contributed by atoms with Gasteiger partial charge in [0.1, 0.15) is 11.3 Å². The Morgan fingerprint density at radius 1 is 1.07 bits per heavy atom. The van der Waals surface area contributed by atoms with Gasteiger partial charge in [-0.2, -0.15) is 0 Å². The van der Waals surface area contributed by atoms with Crippen LogP contribution in [-0.4, -0.2) is 16.6 Å². The molecule has 0 atom stereocenters. The normalized spacial score (nSPS) is 11.0. The Morgan fingerprint density at radius 2 is 1.80 bits per heavy atom. The van der Waals surface area contributed by atoms with Gasteiger partial charge in [-0.25, -0.2) is 13.8 Å². The number of hydrogen-bond donors (Lipinski definition) is 0. The highest BCUT2D eigenvalue weighted by atomic mass is 32.2. The van der Waals surface area contributed by atoms with Crippen LogP contribution in [0.4, 0.5) is 13.9 Å². The van der Waals surface area contributed by atoms with Crippen LogP contribution in [0.3, 0.4) is 0 Å². The number of carbonyl (C=O) groups excluding carboxylic acids is 1. The van der Waals surface area contributed by atoms with Crippen LogP contribution in [0.1, 0.15) is 22.8 Å². The number of halogens is 2. The third-order valence-corrected chi connectivity index (χ3v) is 6.39. The molecule has 3 aromatic carbocycles. The van der Waals surface area contributed by atoms with E-state index in [0.29, 0.717) is 15.4 Å². The molecule has 0 N–H and O–H groups in total. The third kappa shape index (κ3) is 4.37. The molecule has 3 nitrogen and oxygen atoms in total. The first-order chi connectivity index (χ1) is 14.5. The van der Waals surface area contributed by atoms with E-state index in [1.165, 1.54) is 11.0 Å². The second kappa shape index (κ2) is 8.93. The van der Waals surface area contributed by atoms with Crippen molar-refractivity contribution >= 4 is 44.4 Å². The molecule has 4 aromatic rings. The monoisotopic (exact) mass is 440 g/mol. The van der Waals surface area contributed by atoms with Crippen LogP contribution >= 0.6 is 23.1 Å². The van der Waals surface area contributed by atoms with Gasteiger partial charge in [0.25, 0.3) is 5.91 Å². The Bertz CT molecular complexity index is 1180. The molecule has 1 heterocycles. The second-order valence-electron chi connectivity index (χ2n) is 6.57. The fourth-order valence-corrected chi connectivity index (χ4v) is 4.73. The summed E-state index contributed by atoms with van der Waals surface area (Å²) in [5.41, 5.74) is 1.49. The number of amides is 1. The Kier molecular flexibility index (Phi) is 6.11. The van der Waals surface area contributed by atoms with E-state index in [4.69, 9.17) is 0 Å². The van der Waals surface area contributed by atoms with Crippen LogP contribution in [0.25, 0.3) is 10.2 Å². The minimum absolute atomic E-state index is 0.0666. The molecular weight excluding hydrogens is 422 g/mol. The van der Waals surface area contributed by atoms with Gasteiger partial charge >= 0.3 is 0 Å². The zero-order valence-corrected chi connectivity index (χ0v) is 17.8. The minimum Gasteiger partial charge on any atom is -0.279 e. The van der Waals surface area contributed by atoms with Crippen LogP contribution in [0.15, 0.2) is 71.6 Å². The van der Waals surface area contributed by atoms with Crippen molar-refractivity contribution in [1.82, 2.24) is 4.98 Å². The second-order valence-corrected chi connectivity index (χ2v) is 8.91. The average Bonchev–Trinajstić information content (AvgIpc) is 3.17. The molecule has 0 aliphatic heterocycles. The molecular formula is C23H18F2N2OS2. The van der Waals surface area contributed by atoms with Crippen LogP contribution < -0.4 is 4.90 Å². The number of aromatic nitrogens is 1. The molecule has 0 saturated heterocycles. The first kappa shape index (κ1) is 20.5. The zero-order chi connectivity index (χ0) is 21.1. The topological polar surface area (TPSA) is 33.2 Å². The highest BCUT2D eigenvalue weighted by Crippen LogP contribution is 2.33. The summed E-state index contributed by atoms with van der Waals surface area (Å²) in [4.78, 5) is 20.3. The number of anilines is 1. The van der Waals surface area contributed by atoms with Crippen molar-refractivity contribution < 1.29 is 13.6 Å². The van der Waals surface area contributed by atoms with Crippen molar-refractivity contribution in [3.63, 3.8) is 0 Å². The number of benzene rings is 3. The number of hydrogen-bond acceptors (Lipinski definition) is 4. The van der Waals surface area contributed by atoms with Crippen molar-refractivity contribution in [2.45, 2.75) is 18.4 Å². The highest BCUT2D eigenvalue weighted by molar-refractivity contribution is 7.99. The minimum atomic E-state index is -0.736. The van der Waals surface area contributed by atoms with E-state index in [1.54, 1.807) is 23.9 Å². The summed E-state index contributed by atoms with van der Waals surface area (Å²) in [5, 5.41) is 0.329. The predicted molar refractivity (Wildman–Crippen MR) is 119 cm³/mol. The van der Waals surface area contributed by atoms with Crippen molar-refractivity contribution in [1.29, 1.82) is 0 Å². The fraction of sp³-hybridized carbons (Fsp3) is 0.130. The molecule has 1 aromatic heterocycles. The number of thioether (sulfide) groups is 1. The Morgan fingerprint density at radius 3 is 2.50 bits per heavy atom. The summed E-state index contributed by atoms with van der Waals surface area (Å²) in [7, 11) is 0. The van der Waals surface area contributed by atoms with E-state index in [-0.39, 0.29) is 18.0 Å². The first-order valence-electron chi connectivity index (χ1n) is 9.39. The fourth-order valence-electron chi connectivity index (χ4n) is 3.07. The maximum atomic E-state index is 14.2. The van der Waals surface area contributed by atoms with Crippen molar-refractivity contribution in [2.24, 2.45) is 0 Å². The quantitative estimate of drug-likeness (QED) is 0.320. The van der Waals surface area contributed by atoms with Gasteiger partial charge in [-0.1, -0.05) is 48.6 Å². The molecule has 0 spiro atoms. The lowest BCUT2D eigenvalue weighted by Crippen LogP contribution is -2.30. The summed E-state index contributed by atoms with van der Waals surface area (Å²) in [5.74, 6) is -0.700. The van der Waals surface area contributed by atoms with Crippen LogP contribution in [-0.2, 0) is 6.54 Å². The van der Waals surface area contributed by atoms with E-state index in [1.807, 2.05) is 42.5 Å². The summed E-state index contributed by atoms with van der Waals surface area (Å²) < 4.78 is 28.2. The van der Waals surface area contributed by atoms with Crippen LogP contribution in [0.5, 0.6) is 0 Å². The summed E-state index contributed by atoms with van der Waals surface area (Å²) in [6.07, 6.45) is 0. The van der Waals surface area contributed by atoms with E-state index in [0.717, 1.165) is 33.6 Å². The lowest BCUT2D eigenvalue weighted by atomic mass is 10.1. The van der Waals surface area contributed by atoms with Crippen LogP contribution in [0.2, 0.25) is 0 Å². The molecule has 0 aliphatic carbocycles. The SMILES string of the molecule is CCSc1ccc(C(=O)N(Cc2ccccc2)c2nc3c(F)cc(F)cc3s2)cc1. The van der Waals surface area contributed by atoms with Crippen molar-refractivity contribution in [3.05, 3.63) is 89.5 Å². The summed E-state index contributed by atoms with van der Waals surface area (Å²) >= 11 is 2.79. The molecule has 7 heteroatoms. The van der Waals surface area contributed by atoms with Gasteiger partial charge in [0.05, 0.1) is 11.2 Å². The number of rotatable bonds is 6. The molecule has 0 unspecified atom stereocenters. The molecule has 4 rings (SSSR count). The largest absolute Gasteiger partial charge is 0.279 e. The predicted octanol–water partition coefficient (Wildman–Crippen LogP) is 6.53. The van der Waals surface area contributed by atoms with Gasteiger partial charge in [0, 0.05) is 16.5 Å². The maximum Gasteiger partial charge on any atom is 0.260 e. The van der Waals surface area contributed by atoms with E-state index in [9.17, 15) is 13.6 Å². The maximum absolute atomic E-state index is 14.2. The molecule has 30 heavy (non-hydrogen) atoms. The molecule has 0 saturated carbocycles. The molecule has 0 fully saturated rings. The van der Waals surface area contributed by atoms with Gasteiger partial charge in [-0.05, 0) is 41.6 Å². The summed E-state index contributed by atoms with van der Waals surface area (Å²) in [6, 6.07) is 18.9. The van der Waals surface area contributed by atoms with Gasteiger partial charge in [-0.15, -0.1) is 11.8 Å². The van der Waals surface area contributed by atoms with Gasteiger partial charge in [0.2, 0.25) is 0 Å². The lowest BCUT2D eigenvalue weighted by molar-refractivity contribution is 0.0985. The van der Waals surface area contributed by atoms with E-state index >= 15 is 0 Å². The number of fused-ring (bicyclic) bond motifs is 1. The third-order valence-electron chi connectivity index (χ3n) is 4.47. The Hall–Kier alpha value is -2.77. The molecule has 0 radical (unpaired) electrons. The van der Waals surface area contributed by atoms with Gasteiger partial charge in [-0.3, -0.25) is 9.69 Å². The molecule has 0 bridgehead atoms. The molecule has 0 aliphatic rings. The molecule has 152 valence electrons. The summed E-state index contributed by atoms with van der Waals surface area (Å²) in [6.45, 7) is 2.34. The average molecular weight is 441 g/mol. The lowest BCUT2D eigenvalue weighted by Gasteiger charge is -2.20. The number of nitrogens with zero attached hydrogens (tertiary/aromatic N) is 2. The Balaban J connectivity index is 1.74. The standard InChI is InChI=1S/C23H18F2N2OS2/c1-2-29-18-10-8-16(9-11-18)22(28)27(14-15-6-4-3-5-7-15)23-26-21-19(25)12-17(24)13-20(21)30-23/h3-13H,2,14H2,1H3. The van der Waals surface area contributed by atoms with Crippen LogP contribution in [0, 0.1) is 11.6 Å². The van der Waals surface area contributed by atoms with Gasteiger partial charge in [0.15, 0.2) is 10.9 Å². The smallest absolute Gasteiger partial charge is 0.260 e. The zero-order valence-electron chi connectivity index (χ0n) is 16.1. The van der Waals surface area contributed by atoms with E-state index in [2.05, 4.69) is 11.9 Å². The molecule has 1 amide bonds. The first-order valence-corrected chi connectivity index (χ1v) is 11.2. The number of carbonyl (C=O) groups is 1.